The average molecular weight is 394 g/mol. The molecule has 1 atom stereocenters. The maximum atomic E-state index is 14.6. The zero-order valence-corrected chi connectivity index (χ0v) is 16.9. The van der Waals surface area contributed by atoms with Gasteiger partial charge in [0.15, 0.2) is 0 Å². The number of carbonyl (C=O) groups is 3. The normalized spacial score (nSPS) is 17.4. The first kappa shape index (κ1) is 19.9. The molecule has 11 heteroatoms. The number of nitrogens with one attached hydrogen (secondary N) is 1. The molecule has 0 saturated carbocycles. The van der Waals surface area contributed by atoms with Gasteiger partial charge in [0.2, 0.25) is 5.91 Å². The van der Waals surface area contributed by atoms with Crippen LogP contribution in [0.3, 0.4) is 0 Å². The van der Waals surface area contributed by atoms with Crippen molar-refractivity contribution in [3.63, 3.8) is 0 Å². The third kappa shape index (κ3) is 6.35. The van der Waals surface area contributed by atoms with Crippen LogP contribution in [0.2, 0.25) is 0 Å². The summed E-state index contributed by atoms with van der Waals surface area (Å²) in [5.74, 6) is -3.39. The number of carbonyl (C=O) groups excluding carboxylic acids is 3. The Morgan fingerprint density at radius 1 is 1.56 bits per heavy atom. The van der Waals surface area contributed by atoms with Gasteiger partial charge in [-0.25, -0.2) is 9.18 Å². The third-order valence-electron chi connectivity index (χ3n) is 3.54. The van der Waals surface area contributed by atoms with Crippen LogP contribution in [-0.2, 0) is 14.3 Å². The van der Waals surface area contributed by atoms with Crippen molar-refractivity contribution < 1.29 is 66.0 Å². The SMILES string of the molecule is [2H]C([2H])([13C](=O)[O-])N(CCO)c1ccc(N2C[C@H](CNC(C)=O)OC2=O)cc1F.[Na+]. The van der Waals surface area contributed by atoms with Gasteiger partial charge in [-0.05, 0) is 18.2 Å². The molecule has 0 radical (unpaired) electrons. The summed E-state index contributed by atoms with van der Waals surface area (Å²) >= 11 is 0. The van der Waals surface area contributed by atoms with Gasteiger partial charge in [-0.2, -0.15) is 0 Å². The smallest absolute Gasteiger partial charge is 0.548 e. The van der Waals surface area contributed by atoms with Crippen molar-refractivity contribution in [3.05, 3.63) is 24.0 Å². The van der Waals surface area contributed by atoms with Gasteiger partial charge in [-0.15, -0.1) is 0 Å². The van der Waals surface area contributed by atoms with E-state index in [1.807, 2.05) is 0 Å². The number of anilines is 2. The van der Waals surface area contributed by atoms with Crippen LogP contribution in [0.1, 0.15) is 9.67 Å². The number of ether oxygens (including phenoxy) is 1. The molecule has 0 bridgehead atoms. The van der Waals surface area contributed by atoms with Crippen molar-refractivity contribution in [2.45, 2.75) is 13.0 Å². The first-order chi connectivity index (χ1) is 13.1. The average Bonchev–Trinajstić information content (AvgIpc) is 2.98. The second kappa shape index (κ2) is 10.5. The summed E-state index contributed by atoms with van der Waals surface area (Å²) in [6.07, 6.45) is -1.38. The summed E-state index contributed by atoms with van der Waals surface area (Å²) in [7, 11) is 0. The van der Waals surface area contributed by atoms with Crippen LogP contribution < -0.4 is 49.8 Å². The Hall–Kier alpha value is -1.88. The van der Waals surface area contributed by atoms with E-state index in [1.165, 1.54) is 13.0 Å². The maximum absolute atomic E-state index is 14.6. The fourth-order valence-electron chi connectivity index (χ4n) is 2.43. The Balaban J connectivity index is 0.00000420. The molecule has 0 aromatic heterocycles. The van der Waals surface area contributed by atoms with Crippen molar-refractivity contribution in [2.75, 3.05) is 42.5 Å². The molecule has 1 aromatic carbocycles. The van der Waals surface area contributed by atoms with E-state index in [0.717, 1.165) is 17.0 Å². The van der Waals surface area contributed by atoms with Crippen LogP contribution in [0, 0.1) is 5.82 Å². The van der Waals surface area contributed by atoms with Crippen molar-refractivity contribution in [1.82, 2.24) is 5.32 Å². The number of aliphatic hydroxyl groups excluding tert-OH is 1. The molecule has 1 aromatic rings. The number of nitrogens with zero attached hydrogens (tertiary/aromatic N) is 2. The number of benzene rings is 1. The first-order valence-corrected chi connectivity index (χ1v) is 7.70. The molecule has 1 aliphatic rings. The Labute approximate surface area is 180 Å². The van der Waals surface area contributed by atoms with Crippen LogP contribution in [0.15, 0.2) is 18.2 Å². The van der Waals surface area contributed by atoms with Gasteiger partial charge in [0, 0.05) is 13.5 Å². The number of carboxylic acid groups (broad SMARTS) is 1. The summed E-state index contributed by atoms with van der Waals surface area (Å²) in [5, 5.41) is 22.6. The molecule has 0 spiro atoms. The fraction of sp³-hybridized carbons (Fsp3) is 0.438. The standard InChI is InChI=1S/C16H20FN3O6.Na/c1-10(22)18-7-12-8-20(16(25)26-12)11-2-3-14(13(17)6-11)19(4-5-21)9-15(23)24;/h2-3,6,12,21H,4-5,7-9H2,1H3,(H,18,22)(H,23,24);/q;+1/p-1/t12-;/m0./s1/i9D2,15+1;. The van der Waals surface area contributed by atoms with Crippen molar-refractivity contribution >= 4 is 29.3 Å². The molecule has 0 unspecified atom stereocenters. The van der Waals surface area contributed by atoms with Gasteiger partial charge in [-0.3, -0.25) is 9.69 Å². The van der Waals surface area contributed by atoms with E-state index in [9.17, 15) is 23.9 Å². The zero-order valence-electron chi connectivity index (χ0n) is 16.9. The van der Waals surface area contributed by atoms with E-state index >= 15 is 0 Å². The second-order valence-electron chi connectivity index (χ2n) is 5.46. The molecule has 2 amide bonds. The van der Waals surface area contributed by atoms with Crippen molar-refractivity contribution in [3.8, 4) is 0 Å². The molecule has 27 heavy (non-hydrogen) atoms. The van der Waals surface area contributed by atoms with E-state index in [2.05, 4.69) is 5.32 Å². The van der Waals surface area contributed by atoms with Gasteiger partial charge < -0.3 is 30.0 Å². The number of hydrogen-bond donors (Lipinski definition) is 2. The first-order valence-electron chi connectivity index (χ1n) is 8.70. The maximum Gasteiger partial charge on any atom is 1.00 e. The van der Waals surface area contributed by atoms with Gasteiger partial charge in [0.05, 0.1) is 46.3 Å². The van der Waals surface area contributed by atoms with E-state index in [4.69, 9.17) is 12.6 Å². The van der Waals surface area contributed by atoms with Gasteiger partial charge in [0.25, 0.3) is 0 Å². The fourth-order valence-corrected chi connectivity index (χ4v) is 2.43. The summed E-state index contributed by atoms with van der Waals surface area (Å²) in [5.41, 5.74) is -0.316. The summed E-state index contributed by atoms with van der Waals surface area (Å²) in [6, 6.07) is 3.30. The van der Waals surface area contributed by atoms with E-state index in [-0.39, 0.29) is 54.2 Å². The molecule has 2 rings (SSSR count). The molecule has 1 heterocycles. The van der Waals surface area contributed by atoms with Crippen LogP contribution in [0.4, 0.5) is 20.6 Å². The molecular weight excluding hydrogens is 373 g/mol. The Kier molecular flexibility index (Phi) is 7.69. The number of rotatable bonds is 8. The Morgan fingerprint density at radius 2 is 2.26 bits per heavy atom. The molecule has 0 aliphatic carbocycles. The topological polar surface area (TPSA) is 122 Å². The van der Waals surface area contributed by atoms with Crippen molar-refractivity contribution in [1.29, 1.82) is 0 Å². The summed E-state index contributed by atoms with van der Waals surface area (Å²) < 4.78 is 34.8. The monoisotopic (exact) mass is 394 g/mol. The molecular formula is C16H19FN3NaO6. The summed E-state index contributed by atoms with van der Waals surface area (Å²) in [6.45, 7) is -2.74. The number of cyclic esters (lactones) is 1. The summed E-state index contributed by atoms with van der Waals surface area (Å²) in [4.78, 5) is 35.6. The van der Waals surface area contributed by atoms with Crippen LogP contribution >= 0.6 is 0 Å². The van der Waals surface area contributed by atoms with Crippen LogP contribution in [0.25, 0.3) is 0 Å². The number of amides is 2. The molecule has 9 nitrogen and oxygen atoms in total. The number of aliphatic carboxylic acids is 1. The molecule has 1 aliphatic heterocycles. The van der Waals surface area contributed by atoms with Gasteiger partial charge in [0.1, 0.15) is 11.9 Å². The minimum Gasteiger partial charge on any atom is -0.548 e. The predicted octanol–water partition coefficient (Wildman–Crippen LogP) is -4.16. The second-order valence-corrected chi connectivity index (χ2v) is 5.46. The largest absolute Gasteiger partial charge is 1.00 e. The van der Waals surface area contributed by atoms with Crippen LogP contribution in [-0.4, -0.2) is 61.9 Å². The molecule has 142 valence electrons. The van der Waals surface area contributed by atoms with Crippen LogP contribution in [0.5, 0.6) is 0 Å². The van der Waals surface area contributed by atoms with E-state index < -0.39 is 49.3 Å². The molecule has 1 fully saturated rings. The third-order valence-corrected chi connectivity index (χ3v) is 3.54. The number of hydrogen-bond acceptors (Lipinski definition) is 7. The number of carboxylic acids is 1. The molecule has 2 N–H and O–H groups in total. The van der Waals surface area contributed by atoms with Crippen molar-refractivity contribution in [2.24, 2.45) is 0 Å². The molecule has 1 saturated heterocycles. The van der Waals surface area contributed by atoms with Gasteiger partial charge in [-0.1, -0.05) is 0 Å². The predicted molar refractivity (Wildman–Crippen MR) is 87.0 cm³/mol. The Bertz CT molecular complexity index is 785. The van der Waals surface area contributed by atoms with Gasteiger partial charge >= 0.3 is 35.7 Å². The number of halogens is 1. The quantitative estimate of drug-likeness (QED) is 0.339. The minimum atomic E-state index is -3.07. The number of aliphatic hydroxyl groups is 1. The van der Waals surface area contributed by atoms with E-state index in [0.29, 0.717) is 4.90 Å². The zero-order chi connectivity index (χ0) is 21.1. The Morgan fingerprint density at radius 3 is 2.81 bits per heavy atom. The van der Waals surface area contributed by atoms with E-state index in [1.54, 1.807) is 0 Å². The minimum absolute atomic E-state index is 0.